The maximum atomic E-state index is 9.43. The van der Waals surface area contributed by atoms with E-state index in [4.69, 9.17) is 11.6 Å². The van der Waals surface area contributed by atoms with Crippen molar-refractivity contribution in [3.8, 4) is 17.3 Å². The Kier molecular flexibility index (Phi) is 4.92. The average Bonchev–Trinajstić information content (AvgIpc) is 3.05. The third kappa shape index (κ3) is 3.89. The topological polar surface area (TPSA) is 36.7 Å². The van der Waals surface area contributed by atoms with Crippen molar-refractivity contribution in [3.63, 3.8) is 0 Å². The molecule has 1 heterocycles. The minimum Gasteiger partial charge on any atom is -0.235 e. The molecule has 0 amide bonds. The van der Waals surface area contributed by atoms with E-state index < -0.39 is 0 Å². The maximum absolute atomic E-state index is 9.43. The summed E-state index contributed by atoms with van der Waals surface area (Å²) in [4.78, 5) is 4.57. The monoisotopic (exact) mass is 400 g/mol. The van der Waals surface area contributed by atoms with Crippen LogP contribution in [-0.4, -0.2) is 4.98 Å². The molecule has 0 N–H and O–H groups in total. The van der Waals surface area contributed by atoms with E-state index >= 15 is 0 Å². The van der Waals surface area contributed by atoms with Crippen LogP contribution in [0, 0.1) is 11.3 Å². The zero-order chi connectivity index (χ0) is 16.2. The van der Waals surface area contributed by atoms with E-state index in [1.54, 1.807) is 0 Å². The summed E-state index contributed by atoms with van der Waals surface area (Å²) in [5.74, 6) is 0. The molecule has 0 saturated heterocycles. The molecule has 5 heteroatoms. The molecule has 3 rings (SSSR count). The first-order valence-electron chi connectivity index (χ1n) is 6.75. The van der Waals surface area contributed by atoms with Gasteiger partial charge in [-0.1, -0.05) is 51.8 Å². The summed E-state index contributed by atoms with van der Waals surface area (Å²) in [7, 11) is 0. The number of nitriles is 1. The van der Waals surface area contributed by atoms with Crippen LogP contribution in [0.2, 0.25) is 5.02 Å². The van der Waals surface area contributed by atoms with E-state index in [0.717, 1.165) is 21.3 Å². The summed E-state index contributed by atoms with van der Waals surface area (Å²) in [6.45, 7) is 0. The van der Waals surface area contributed by atoms with Gasteiger partial charge in [0.1, 0.15) is 11.1 Å². The third-order valence-electron chi connectivity index (χ3n) is 3.18. The second-order valence-electron chi connectivity index (χ2n) is 4.77. The molecule has 3 aromatic rings. The molecule has 0 bridgehead atoms. The molecule has 0 unspecified atom stereocenters. The minimum atomic E-state index is 0.553. The van der Waals surface area contributed by atoms with E-state index in [0.29, 0.717) is 15.6 Å². The summed E-state index contributed by atoms with van der Waals surface area (Å²) >= 11 is 10.8. The van der Waals surface area contributed by atoms with Gasteiger partial charge >= 0.3 is 0 Å². The molecule has 23 heavy (non-hydrogen) atoms. The van der Waals surface area contributed by atoms with Gasteiger partial charge in [-0.3, -0.25) is 0 Å². The average molecular weight is 402 g/mol. The first kappa shape index (κ1) is 15.9. The number of halogens is 2. The van der Waals surface area contributed by atoms with Crippen LogP contribution in [-0.2, 0) is 0 Å². The number of benzene rings is 2. The maximum Gasteiger partial charge on any atom is 0.134 e. The molecule has 0 aliphatic rings. The fourth-order valence-corrected chi connectivity index (χ4v) is 3.20. The Morgan fingerprint density at radius 2 is 1.83 bits per heavy atom. The molecular weight excluding hydrogens is 392 g/mol. The second kappa shape index (κ2) is 7.10. The predicted octanol–water partition coefficient (Wildman–Crippen LogP) is 6.29. The second-order valence-corrected chi connectivity index (χ2v) is 6.98. The molecule has 2 nitrogen and oxygen atoms in total. The molecule has 0 atom stereocenters. The highest BCUT2D eigenvalue weighted by Crippen LogP contribution is 2.28. The number of nitrogens with zero attached hydrogens (tertiary/aromatic N) is 2. The Balaban J connectivity index is 1.92. The quantitative estimate of drug-likeness (QED) is 0.483. The van der Waals surface area contributed by atoms with E-state index in [9.17, 15) is 5.26 Å². The van der Waals surface area contributed by atoms with Gasteiger partial charge < -0.3 is 0 Å². The molecule has 0 aliphatic heterocycles. The third-order valence-corrected chi connectivity index (χ3v) is 4.83. The van der Waals surface area contributed by atoms with Crippen molar-refractivity contribution in [1.82, 2.24) is 4.98 Å². The number of hydrogen-bond acceptors (Lipinski definition) is 3. The Morgan fingerprint density at radius 3 is 2.48 bits per heavy atom. The van der Waals surface area contributed by atoms with Crippen molar-refractivity contribution in [2.45, 2.75) is 0 Å². The van der Waals surface area contributed by atoms with Crippen molar-refractivity contribution in [2.75, 3.05) is 0 Å². The normalized spacial score (nSPS) is 11.3. The molecule has 112 valence electrons. The van der Waals surface area contributed by atoms with Crippen molar-refractivity contribution in [1.29, 1.82) is 5.26 Å². The van der Waals surface area contributed by atoms with Crippen molar-refractivity contribution in [3.05, 3.63) is 74.0 Å². The molecule has 0 spiro atoms. The van der Waals surface area contributed by atoms with Crippen molar-refractivity contribution < 1.29 is 0 Å². The number of thiazole rings is 1. The van der Waals surface area contributed by atoms with Crippen LogP contribution in [0.15, 0.2) is 58.4 Å². The highest BCUT2D eigenvalue weighted by atomic mass is 79.9. The zero-order valence-corrected chi connectivity index (χ0v) is 15.0. The SMILES string of the molecule is N#C/C(=C\c1ccc(Br)cc1)c1nc(-c2ccc(Cl)cc2)cs1. The standard InChI is InChI=1S/C18H10BrClN2S/c19-15-5-1-12(2-6-15)9-14(10-21)18-22-17(11-23-18)13-3-7-16(20)8-4-13/h1-9,11H/b14-9+. The van der Waals surface area contributed by atoms with Gasteiger partial charge in [0.2, 0.25) is 0 Å². The van der Waals surface area contributed by atoms with Crippen LogP contribution in [0.1, 0.15) is 10.6 Å². The largest absolute Gasteiger partial charge is 0.235 e. The summed E-state index contributed by atoms with van der Waals surface area (Å²) in [6, 6.07) is 17.5. The molecule has 0 aliphatic carbocycles. The lowest BCUT2D eigenvalue weighted by Gasteiger charge is -1.97. The van der Waals surface area contributed by atoms with Gasteiger partial charge in [-0.15, -0.1) is 11.3 Å². The summed E-state index contributed by atoms with van der Waals surface area (Å²) in [5, 5.41) is 12.8. The summed E-state index contributed by atoms with van der Waals surface area (Å²) < 4.78 is 1.01. The highest BCUT2D eigenvalue weighted by molar-refractivity contribution is 9.10. The Labute approximate surface area is 151 Å². The van der Waals surface area contributed by atoms with Crippen LogP contribution in [0.25, 0.3) is 22.9 Å². The number of rotatable bonds is 3. The van der Waals surface area contributed by atoms with Gasteiger partial charge in [0.05, 0.1) is 11.3 Å². The van der Waals surface area contributed by atoms with E-state index in [1.807, 2.05) is 60.0 Å². The van der Waals surface area contributed by atoms with Gasteiger partial charge in [-0.2, -0.15) is 5.26 Å². The summed E-state index contributed by atoms with van der Waals surface area (Å²) in [5.41, 5.74) is 3.35. The fourth-order valence-electron chi connectivity index (χ4n) is 2.02. The van der Waals surface area contributed by atoms with E-state index in [1.165, 1.54) is 11.3 Å². The lowest BCUT2D eigenvalue weighted by Crippen LogP contribution is -1.83. The van der Waals surface area contributed by atoms with Gasteiger partial charge in [0, 0.05) is 20.4 Å². The van der Waals surface area contributed by atoms with Crippen LogP contribution in [0.3, 0.4) is 0 Å². The number of aromatic nitrogens is 1. The first-order valence-corrected chi connectivity index (χ1v) is 8.80. The lowest BCUT2D eigenvalue weighted by atomic mass is 10.1. The lowest BCUT2D eigenvalue weighted by molar-refractivity contribution is 1.37. The van der Waals surface area contributed by atoms with Crippen molar-refractivity contribution >= 4 is 50.5 Å². The Morgan fingerprint density at radius 1 is 1.13 bits per heavy atom. The molecule has 0 radical (unpaired) electrons. The number of hydrogen-bond donors (Lipinski definition) is 0. The predicted molar refractivity (Wildman–Crippen MR) is 100 cm³/mol. The van der Waals surface area contributed by atoms with Crippen LogP contribution < -0.4 is 0 Å². The van der Waals surface area contributed by atoms with Gasteiger partial charge in [0.15, 0.2) is 0 Å². The van der Waals surface area contributed by atoms with Gasteiger partial charge in [-0.25, -0.2) is 4.98 Å². The van der Waals surface area contributed by atoms with E-state index in [-0.39, 0.29) is 0 Å². The van der Waals surface area contributed by atoms with Crippen LogP contribution in [0.4, 0.5) is 0 Å². The fraction of sp³-hybridized carbons (Fsp3) is 0. The molecule has 0 fully saturated rings. The Bertz CT molecular complexity index is 890. The molecule has 2 aromatic carbocycles. The zero-order valence-electron chi connectivity index (χ0n) is 11.8. The highest BCUT2D eigenvalue weighted by Gasteiger charge is 2.09. The van der Waals surface area contributed by atoms with Crippen molar-refractivity contribution in [2.24, 2.45) is 0 Å². The van der Waals surface area contributed by atoms with E-state index in [2.05, 4.69) is 27.0 Å². The summed E-state index contributed by atoms with van der Waals surface area (Å²) in [6.07, 6.45) is 1.84. The number of allylic oxidation sites excluding steroid dienone is 1. The minimum absolute atomic E-state index is 0.553. The molecule has 1 aromatic heterocycles. The van der Waals surface area contributed by atoms with Gasteiger partial charge in [-0.05, 0) is 35.9 Å². The van der Waals surface area contributed by atoms with Crippen LogP contribution in [0.5, 0.6) is 0 Å². The smallest absolute Gasteiger partial charge is 0.134 e. The first-order chi connectivity index (χ1) is 11.2. The molecular formula is C18H10BrClN2S. The Hall–Kier alpha value is -1.93. The molecule has 0 saturated carbocycles. The van der Waals surface area contributed by atoms with Gasteiger partial charge in [0.25, 0.3) is 0 Å². The van der Waals surface area contributed by atoms with Crippen LogP contribution >= 0.6 is 38.9 Å².